The molecular weight excluding hydrogens is 346 g/mol. The first-order valence-corrected chi connectivity index (χ1v) is 10.6. The summed E-state index contributed by atoms with van der Waals surface area (Å²) in [5.41, 5.74) is 0.812. The van der Waals surface area contributed by atoms with Gasteiger partial charge in [0.15, 0.2) is 0 Å². The molecule has 0 radical (unpaired) electrons. The van der Waals surface area contributed by atoms with E-state index in [-0.39, 0.29) is 30.4 Å². The minimum Gasteiger partial charge on any atom is -0.352 e. The molecule has 0 heterocycles. The van der Waals surface area contributed by atoms with Crippen molar-refractivity contribution < 1.29 is 9.59 Å². The Morgan fingerprint density at radius 1 is 1.27 bits per heavy atom. The molecule has 144 valence electrons. The van der Waals surface area contributed by atoms with Crippen LogP contribution in [0, 0.1) is 5.92 Å². The molecule has 0 unspecified atom stereocenters. The third-order valence-corrected chi connectivity index (χ3v) is 6.05. The maximum atomic E-state index is 12.6. The van der Waals surface area contributed by atoms with Crippen LogP contribution in [-0.2, 0) is 9.59 Å². The fourth-order valence-corrected chi connectivity index (χ4v) is 3.89. The molecule has 2 amide bonds. The van der Waals surface area contributed by atoms with Crippen LogP contribution < -0.4 is 10.6 Å². The van der Waals surface area contributed by atoms with E-state index in [0.717, 1.165) is 17.0 Å². The van der Waals surface area contributed by atoms with E-state index in [1.54, 1.807) is 16.7 Å². The van der Waals surface area contributed by atoms with Crippen molar-refractivity contribution in [3.05, 3.63) is 24.3 Å². The number of amides is 2. The molecule has 1 saturated carbocycles. The van der Waals surface area contributed by atoms with Gasteiger partial charge in [0.25, 0.3) is 0 Å². The van der Waals surface area contributed by atoms with Crippen LogP contribution >= 0.6 is 11.8 Å². The lowest BCUT2D eigenvalue weighted by atomic mass is 9.86. The first-order chi connectivity index (χ1) is 12.4. The van der Waals surface area contributed by atoms with E-state index < -0.39 is 0 Å². The summed E-state index contributed by atoms with van der Waals surface area (Å²) >= 11 is 1.59. The number of carbonyl (C=O) groups excluding carboxylic acids is 2. The van der Waals surface area contributed by atoms with Crippen LogP contribution in [0.3, 0.4) is 0 Å². The SMILES string of the molecule is CSc1ccccc1NC(=O)CN(C)[C@H](C)C(=O)N[C@H]1CCCC[C@@H]1C. The lowest BCUT2D eigenvalue weighted by Gasteiger charge is -2.32. The summed E-state index contributed by atoms with van der Waals surface area (Å²) in [5.74, 6) is 0.416. The van der Waals surface area contributed by atoms with Crippen molar-refractivity contribution in [2.75, 3.05) is 25.2 Å². The van der Waals surface area contributed by atoms with Crippen molar-refractivity contribution in [1.29, 1.82) is 0 Å². The molecule has 0 aromatic heterocycles. The summed E-state index contributed by atoms with van der Waals surface area (Å²) in [4.78, 5) is 27.7. The van der Waals surface area contributed by atoms with Crippen LogP contribution in [0.1, 0.15) is 39.5 Å². The predicted molar refractivity (Wildman–Crippen MR) is 109 cm³/mol. The number of nitrogens with zero attached hydrogens (tertiary/aromatic N) is 1. The first-order valence-electron chi connectivity index (χ1n) is 9.36. The second kappa shape index (κ2) is 9.97. The van der Waals surface area contributed by atoms with Crippen LogP contribution in [0.15, 0.2) is 29.2 Å². The van der Waals surface area contributed by atoms with E-state index in [9.17, 15) is 9.59 Å². The standard InChI is InChI=1S/C20H31N3O2S/c1-14-9-5-6-10-16(14)22-20(25)15(2)23(3)13-19(24)21-17-11-7-8-12-18(17)26-4/h7-8,11-12,14-16H,5-6,9-10,13H2,1-4H3,(H,21,24)(H,22,25)/t14-,15+,16-/m0/s1. The zero-order chi connectivity index (χ0) is 19.1. The van der Waals surface area contributed by atoms with Crippen molar-refractivity contribution in [3.63, 3.8) is 0 Å². The number of hydrogen-bond acceptors (Lipinski definition) is 4. The Kier molecular flexibility index (Phi) is 7.97. The third-order valence-electron chi connectivity index (χ3n) is 5.25. The van der Waals surface area contributed by atoms with E-state index in [1.165, 1.54) is 19.3 Å². The van der Waals surface area contributed by atoms with Gasteiger partial charge in [-0.05, 0) is 51.1 Å². The van der Waals surface area contributed by atoms with E-state index in [1.807, 2.05) is 44.5 Å². The Bertz CT molecular complexity index is 623. The van der Waals surface area contributed by atoms with E-state index in [0.29, 0.717) is 5.92 Å². The highest BCUT2D eigenvalue weighted by molar-refractivity contribution is 7.98. The second-order valence-electron chi connectivity index (χ2n) is 7.22. The predicted octanol–water partition coefficient (Wildman–Crippen LogP) is 3.36. The fraction of sp³-hybridized carbons (Fsp3) is 0.600. The average molecular weight is 378 g/mol. The molecule has 2 rings (SSSR count). The maximum absolute atomic E-state index is 12.6. The van der Waals surface area contributed by atoms with Gasteiger partial charge < -0.3 is 10.6 Å². The lowest BCUT2D eigenvalue weighted by molar-refractivity contribution is -0.127. The monoisotopic (exact) mass is 377 g/mol. The molecule has 1 aliphatic rings. The molecule has 0 bridgehead atoms. The number of nitrogens with one attached hydrogen (secondary N) is 2. The molecule has 0 spiro atoms. The smallest absolute Gasteiger partial charge is 0.238 e. The van der Waals surface area contributed by atoms with Gasteiger partial charge in [0.05, 0.1) is 18.3 Å². The van der Waals surface area contributed by atoms with Gasteiger partial charge in [-0.15, -0.1) is 11.8 Å². The minimum atomic E-state index is -0.342. The van der Waals surface area contributed by atoms with E-state index >= 15 is 0 Å². The van der Waals surface area contributed by atoms with Gasteiger partial charge >= 0.3 is 0 Å². The highest BCUT2D eigenvalue weighted by atomic mass is 32.2. The van der Waals surface area contributed by atoms with Crippen LogP contribution in [0.5, 0.6) is 0 Å². The summed E-state index contributed by atoms with van der Waals surface area (Å²) in [6.07, 6.45) is 6.63. The number of benzene rings is 1. The molecule has 0 aliphatic heterocycles. The highest BCUT2D eigenvalue weighted by Gasteiger charge is 2.26. The highest BCUT2D eigenvalue weighted by Crippen LogP contribution is 2.25. The van der Waals surface area contributed by atoms with Gasteiger partial charge in [-0.25, -0.2) is 0 Å². The molecule has 2 N–H and O–H groups in total. The van der Waals surface area contributed by atoms with Crippen molar-refractivity contribution in [1.82, 2.24) is 10.2 Å². The van der Waals surface area contributed by atoms with Crippen molar-refractivity contribution >= 4 is 29.3 Å². The Labute approximate surface area is 161 Å². The van der Waals surface area contributed by atoms with Crippen molar-refractivity contribution in [2.45, 2.75) is 56.5 Å². The van der Waals surface area contributed by atoms with Crippen LogP contribution in [0.4, 0.5) is 5.69 Å². The summed E-state index contributed by atoms with van der Waals surface area (Å²) in [6, 6.07) is 7.64. The number of para-hydroxylation sites is 1. The molecule has 1 aromatic carbocycles. The molecular formula is C20H31N3O2S. The van der Waals surface area contributed by atoms with Gasteiger partial charge in [0.1, 0.15) is 0 Å². The Balaban J connectivity index is 1.86. The molecule has 26 heavy (non-hydrogen) atoms. The normalized spacial score (nSPS) is 21.3. The number of rotatable bonds is 7. The van der Waals surface area contributed by atoms with Gasteiger partial charge in [-0.1, -0.05) is 31.9 Å². The number of hydrogen-bond donors (Lipinski definition) is 2. The molecule has 5 nitrogen and oxygen atoms in total. The van der Waals surface area contributed by atoms with Crippen LogP contribution in [-0.4, -0.2) is 48.6 Å². The topological polar surface area (TPSA) is 61.4 Å². The third kappa shape index (κ3) is 5.74. The number of thioether (sulfide) groups is 1. The summed E-state index contributed by atoms with van der Waals surface area (Å²) in [6.45, 7) is 4.23. The summed E-state index contributed by atoms with van der Waals surface area (Å²) in [5, 5.41) is 6.12. The number of carbonyl (C=O) groups is 2. The van der Waals surface area contributed by atoms with Crippen molar-refractivity contribution in [3.8, 4) is 0 Å². The van der Waals surface area contributed by atoms with E-state index in [4.69, 9.17) is 0 Å². The largest absolute Gasteiger partial charge is 0.352 e. The van der Waals surface area contributed by atoms with Crippen LogP contribution in [0.2, 0.25) is 0 Å². The van der Waals surface area contributed by atoms with Gasteiger partial charge in [0, 0.05) is 10.9 Å². The van der Waals surface area contributed by atoms with Gasteiger partial charge in [-0.3, -0.25) is 14.5 Å². The Morgan fingerprint density at radius 3 is 2.65 bits per heavy atom. The Hall–Kier alpha value is -1.53. The molecule has 0 saturated heterocycles. The maximum Gasteiger partial charge on any atom is 0.238 e. The fourth-order valence-electron chi connectivity index (χ4n) is 3.34. The summed E-state index contributed by atoms with van der Waals surface area (Å²) < 4.78 is 0. The number of anilines is 1. The molecule has 1 fully saturated rings. The average Bonchev–Trinajstić information content (AvgIpc) is 2.63. The molecule has 1 aliphatic carbocycles. The lowest BCUT2D eigenvalue weighted by Crippen LogP contribution is -2.50. The summed E-state index contributed by atoms with van der Waals surface area (Å²) in [7, 11) is 1.81. The van der Waals surface area contributed by atoms with Crippen molar-refractivity contribution in [2.24, 2.45) is 5.92 Å². The van der Waals surface area contributed by atoms with Crippen LogP contribution in [0.25, 0.3) is 0 Å². The first kappa shape index (κ1) is 20.8. The zero-order valence-electron chi connectivity index (χ0n) is 16.2. The van der Waals surface area contributed by atoms with Gasteiger partial charge in [0.2, 0.25) is 11.8 Å². The van der Waals surface area contributed by atoms with E-state index in [2.05, 4.69) is 17.6 Å². The van der Waals surface area contributed by atoms with Gasteiger partial charge in [-0.2, -0.15) is 0 Å². The molecule has 3 atom stereocenters. The molecule has 6 heteroatoms. The Morgan fingerprint density at radius 2 is 1.96 bits per heavy atom. The molecule has 1 aromatic rings. The quantitative estimate of drug-likeness (QED) is 0.715. The zero-order valence-corrected chi connectivity index (χ0v) is 17.1. The second-order valence-corrected chi connectivity index (χ2v) is 8.06. The number of likely N-dealkylation sites (N-methyl/N-ethyl adjacent to an activating group) is 1. The minimum absolute atomic E-state index is 0.00330.